The van der Waals surface area contributed by atoms with Gasteiger partial charge < -0.3 is 9.47 Å². The summed E-state index contributed by atoms with van der Waals surface area (Å²) in [4.78, 5) is 29.1. The third kappa shape index (κ3) is 11.3. The maximum absolute atomic E-state index is 13.9. The molecule has 1 aliphatic rings. The molecule has 3 atom stereocenters. The summed E-state index contributed by atoms with van der Waals surface area (Å²) < 4.78 is 25.2. The lowest BCUT2D eigenvalue weighted by molar-refractivity contribution is -0.124. The van der Waals surface area contributed by atoms with Gasteiger partial charge in [0.1, 0.15) is 22.6 Å². The second-order valence-corrected chi connectivity index (χ2v) is 13.9. The van der Waals surface area contributed by atoms with Gasteiger partial charge in [0.15, 0.2) is 5.78 Å². The molecule has 0 aromatic heterocycles. The predicted octanol–water partition coefficient (Wildman–Crippen LogP) is 8.20. The topological polar surface area (TPSA) is 72.9 Å². The fourth-order valence-electron chi connectivity index (χ4n) is 5.13. The van der Waals surface area contributed by atoms with Crippen molar-refractivity contribution in [3.8, 4) is 0 Å². The molecule has 1 saturated heterocycles. The van der Waals surface area contributed by atoms with Crippen LogP contribution in [0.1, 0.15) is 125 Å². The standard InChI is InChI=1S/C32H53NO5S/c1-7-8-9-10-11-12-13-14-15-16-17-21-24-28(39(36)26-22-19-18-20-23-26)29(34)27-25-37-32(5,6)33(27)30(35)38-31(2,3)4/h18-20,22-23,27-28H,7-17,21,24-25H2,1-6H3/t27-,28?,39?/m0/s1. The third-order valence-electron chi connectivity index (χ3n) is 7.28. The fourth-order valence-corrected chi connectivity index (χ4v) is 6.63. The van der Waals surface area contributed by atoms with Crippen LogP contribution in [-0.2, 0) is 25.1 Å². The van der Waals surface area contributed by atoms with Gasteiger partial charge in [-0.25, -0.2) is 4.79 Å². The Morgan fingerprint density at radius 1 is 0.949 bits per heavy atom. The van der Waals surface area contributed by atoms with E-state index in [0.717, 1.165) is 19.3 Å². The molecular formula is C32H53NO5S. The van der Waals surface area contributed by atoms with Gasteiger partial charge in [-0.3, -0.25) is 13.9 Å². The van der Waals surface area contributed by atoms with E-state index in [4.69, 9.17) is 9.47 Å². The first-order valence-corrected chi connectivity index (χ1v) is 16.3. The lowest BCUT2D eigenvalue weighted by atomic mass is 10.0. The molecule has 0 N–H and O–H groups in total. The summed E-state index contributed by atoms with van der Waals surface area (Å²) in [6, 6.07) is 8.34. The van der Waals surface area contributed by atoms with Crippen molar-refractivity contribution in [3.05, 3.63) is 30.3 Å². The summed E-state index contributed by atoms with van der Waals surface area (Å²) in [5.41, 5.74) is -1.69. The van der Waals surface area contributed by atoms with Crippen LogP contribution in [0.15, 0.2) is 35.2 Å². The number of unbranched alkanes of at least 4 members (excludes halogenated alkanes) is 11. The van der Waals surface area contributed by atoms with E-state index < -0.39 is 39.5 Å². The molecule has 1 aliphatic heterocycles. The molecule has 222 valence electrons. The van der Waals surface area contributed by atoms with E-state index in [1.165, 1.54) is 62.7 Å². The van der Waals surface area contributed by atoms with Crippen LogP contribution in [0.4, 0.5) is 4.79 Å². The van der Waals surface area contributed by atoms with Crippen molar-refractivity contribution >= 4 is 22.7 Å². The number of carbonyl (C=O) groups excluding carboxylic acids is 2. The van der Waals surface area contributed by atoms with Crippen molar-refractivity contribution in [2.45, 2.75) is 153 Å². The maximum atomic E-state index is 13.9. The number of hydrogen-bond donors (Lipinski definition) is 0. The van der Waals surface area contributed by atoms with E-state index in [9.17, 15) is 13.8 Å². The molecule has 6 nitrogen and oxygen atoms in total. The molecule has 0 bridgehead atoms. The van der Waals surface area contributed by atoms with Crippen molar-refractivity contribution in [1.82, 2.24) is 4.90 Å². The number of ether oxygens (including phenoxy) is 2. The Kier molecular flexibility index (Phi) is 14.2. The van der Waals surface area contributed by atoms with Crippen LogP contribution >= 0.6 is 0 Å². The molecule has 1 amide bonds. The molecule has 0 radical (unpaired) electrons. The monoisotopic (exact) mass is 563 g/mol. The highest BCUT2D eigenvalue weighted by atomic mass is 32.2. The van der Waals surface area contributed by atoms with Gasteiger partial charge in [-0.05, 0) is 53.2 Å². The van der Waals surface area contributed by atoms with E-state index >= 15 is 0 Å². The molecular weight excluding hydrogens is 510 g/mol. The number of ketones is 1. The van der Waals surface area contributed by atoms with Gasteiger partial charge in [-0.15, -0.1) is 0 Å². The van der Waals surface area contributed by atoms with Gasteiger partial charge in [-0.2, -0.15) is 0 Å². The van der Waals surface area contributed by atoms with Crippen LogP contribution in [-0.4, -0.2) is 50.2 Å². The fraction of sp³-hybridized carbons (Fsp3) is 0.750. The number of hydrogen-bond acceptors (Lipinski definition) is 5. The third-order valence-corrected chi connectivity index (χ3v) is 9.00. The zero-order valence-electron chi connectivity index (χ0n) is 25.3. The Balaban J connectivity index is 1.98. The summed E-state index contributed by atoms with van der Waals surface area (Å²) in [5, 5.41) is -0.706. The highest BCUT2D eigenvalue weighted by Crippen LogP contribution is 2.32. The lowest BCUT2D eigenvalue weighted by Crippen LogP contribution is -2.54. The van der Waals surface area contributed by atoms with E-state index in [1.54, 1.807) is 46.8 Å². The van der Waals surface area contributed by atoms with Crippen LogP contribution in [0.2, 0.25) is 0 Å². The van der Waals surface area contributed by atoms with Crippen LogP contribution < -0.4 is 0 Å². The zero-order valence-corrected chi connectivity index (χ0v) is 26.2. The molecule has 1 aromatic rings. The van der Waals surface area contributed by atoms with Crippen molar-refractivity contribution in [1.29, 1.82) is 0 Å². The average molecular weight is 564 g/mol. The van der Waals surface area contributed by atoms with E-state index in [0.29, 0.717) is 11.3 Å². The summed E-state index contributed by atoms with van der Waals surface area (Å²) in [7, 11) is -1.52. The van der Waals surface area contributed by atoms with Crippen molar-refractivity contribution in [2.24, 2.45) is 0 Å². The summed E-state index contributed by atoms with van der Waals surface area (Å²) >= 11 is 0. The minimum atomic E-state index is -1.52. The molecule has 2 unspecified atom stereocenters. The van der Waals surface area contributed by atoms with Crippen molar-refractivity contribution < 1.29 is 23.3 Å². The highest BCUT2D eigenvalue weighted by Gasteiger charge is 2.50. The zero-order chi connectivity index (χ0) is 28.9. The molecule has 39 heavy (non-hydrogen) atoms. The van der Waals surface area contributed by atoms with Gasteiger partial charge in [0.25, 0.3) is 0 Å². The second-order valence-electron chi connectivity index (χ2n) is 12.3. The SMILES string of the molecule is CCCCCCCCCCCCCCC(C(=O)[C@@H]1COC(C)(C)N1C(=O)OC(C)(C)C)S(=O)c1ccccc1. The first kappa shape index (κ1) is 33.5. The smallest absolute Gasteiger partial charge is 0.413 e. The summed E-state index contributed by atoms with van der Waals surface area (Å²) in [5.74, 6) is -0.211. The minimum absolute atomic E-state index is 0.0754. The number of carbonyl (C=O) groups is 2. The Labute approximate surface area is 240 Å². The number of rotatable bonds is 17. The Morgan fingerprint density at radius 2 is 1.46 bits per heavy atom. The molecule has 1 fully saturated rings. The van der Waals surface area contributed by atoms with E-state index in [1.807, 2.05) is 18.2 Å². The number of nitrogens with zero attached hydrogens (tertiary/aromatic N) is 1. The van der Waals surface area contributed by atoms with Crippen LogP contribution in [0.3, 0.4) is 0 Å². The van der Waals surface area contributed by atoms with Crippen molar-refractivity contribution in [3.63, 3.8) is 0 Å². The van der Waals surface area contributed by atoms with E-state index in [-0.39, 0.29) is 12.4 Å². The quantitative estimate of drug-likeness (QED) is 0.179. The predicted molar refractivity (Wildman–Crippen MR) is 159 cm³/mol. The van der Waals surface area contributed by atoms with Gasteiger partial charge in [-0.1, -0.05) is 102 Å². The van der Waals surface area contributed by atoms with E-state index in [2.05, 4.69) is 6.92 Å². The van der Waals surface area contributed by atoms with Crippen LogP contribution in [0, 0.1) is 0 Å². The van der Waals surface area contributed by atoms with Gasteiger partial charge in [0.2, 0.25) is 0 Å². The number of benzene rings is 1. The largest absolute Gasteiger partial charge is 0.444 e. The van der Waals surface area contributed by atoms with Crippen LogP contribution in [0.25, 0.3) is 0 Å². The Morgan fingerprint density at radius 3 is 1.97 bits per heavy atom. The summed E-state index contributed by atoms with van der Waals surface area (Å²) in [6.07, 6.45) is 14.7. The number of amides is 1. The number of Topliss-reactive ketones (excluding diaryl/α,β-unsaturated/α-hetero) is 1. The Bertz CT molecular complexity index is 896. The Hall–Kier alpha value is -1.73. The van der Waals surface area contributed by atoms with Crippen molar-refractivity contribution in [2.75, 3.05) is 6.61 Å². The van der Waals surface area contributed by atoms with Gasteiger partial charge >= 0.3 is 6.09 Å². The first-order valence-electron chi connectivity index (χ1n) is 15.1. The van der Waals surface area contributed by atoms with Crippen LogP contribution in [0.5, 0.6) is 0 Å². The molecule has 1 aromatic carbocycles. The molecule has 2 rings (SSSR count). The summed E-state index contributed by atoms with van der Waals surface area (Å²) in [6.45, 7) is 11.2. The maximum Gasteiger partial charge on any atom is 0.413 e. The normalized spacial score (nSPS) is 18.6. The van der Waals surface area contributed by atoms with Gasteiger partial charge in [0.05, 0.1) is 17.4 Å². The van der Waals surface area contributed by atoms with Gasteiger partial charge in [0, 0.05) is 4.90 Å². The molecule has 7 heteroatoms. The molecule has 0 aliphatic carbocycles. The second kappa shape index (κ2) is 16.5. The molecule has 0 saturated carbocycles. The molecule has 1 heterocycles. The first-order chi connectivity index (χ1) is 18.5. The highest BCUT2D eigenvalue weighted by molar-refractivity contribution is 7.86. The minimum Gasteiger partial charge on any atom is -0.444 e. The average Bonchev–Trinajstić information content (AvgIpc) is 3.20. The molecule has 0 spiro atoms. The lowest BCUT2D eigenvalue weighted by Gasteiger charge is -2.35.